The van der Waals surface area contributed by atoms with E-state index in [9.17, 15) is 9.90 Å². The molecule has 0 aliphatic carbocycles. The second-order valence-corrected chi connectivity index (χ2v) is 8.46. The lowest BCUT2D eigenvalue weighted by Crippen LogP contribution is -1.99. The van der Waals surface area contributed by atoms with Crippen LogP contribution in [0.4, 0.5) is 5.69 Å². The van der Waals surface area contributed by atoms with Gasteiger partial charge in [0.2, 0.25) is 0 Å². The molecule has 0 aliphatic rings. The summed E-state index contributed by atoms with van der Waals surface area (Å²) in [5.74, 6) is 0.922. The summed E-state index contributed by atoms with van der Waals surface area (Å²) in [5, 5.41) is 10.6. The van der Waals surface area contributed by atoms with E-state index in [0.717, 1.165) is 22.5 Å². The van der Waals surface area contributed by atoms with E-state index in [1.165, 1.54) is 11.8 Å². The highest BCUT2D eigenvalue weighted by atomic mass is 32.2. The highest BCUT2D eigenvalue weighted by Crippen LogP contribution is 2.40. The molecule has 158 valence electrons. The zero-order chi connectivity index (χ0) is 22.0. The van der Waals surface area contributed by atoms with Gasteiger partial charge in [0.25, 0.3) is 0 Å². The van der Waals surface area contributed by atoms with Crippen LogP contribution in [-0.2, 0) is 5.75 Å². The van der Waals surface area contributed by atoms with Crippen LogP contribution >= 0.6 is 23.1 Å². The van der Waals surface area contributed by atoms with Crippen molar-refractivity contribution in [3.8, 4) is 22.8 Å². The van der Waals surface area contributed by atoms with Gasteiger partial charge in [-0.25, -0.2) is 14.8 Å². The molecule has 9 heteroatoms. The van der Waals surface area contributed by atoms with Gasteiger partial charge in [-0.3, -0.25) is 0 Å². The second kappa shape index (κ2) is 8.83. The van der Waals surface area contributed by atoms with Crippen LogP contribution in [0, 0.1) is 0 Å². The first-order valence-corrected chi connectivity index (χ1v) is 11.0. The molecule has 0 saturated heterocycles. The lowest BCUT2D eigenvalue weighted by Gasteiger charge is -2.10. The summed E-state index contributed by atoms with van der Waals surface area (Å²) in [6.07, 6.45) is 0. The standard InChI is InChI=1S/C22H19N3O4S2/c1-28-14-9-8-13(15(10-14)29-2)11-30-22-24-18(12-6-4-3-5-7-12)16-17(23)19(21(26)27)31-20(16)25-22/h3-10H,11,23H2,1-2H3,(H,26,27). The van der Waals surface area contributed by atoms with Crippen molar-refractivity contribution in [2.45, 2.75) is 10.9 Å². The van der Waals surface area contributed by atoms with Crippen LogP contribution in [0.5, 0.6) is 11.5 Å². The van der Waals surface area contributed by atoms with Gasteiger partial charge < -0.3 is 20.3 Å². The number of nitrogen functional groups attached to an aromatic ring is 1. The number of carbonyl (C=O) groups is 1. The first kappa shape index (κ1) is 21.0. The van der Waals surface area contributed by atoms with Crippen molar-refractivity contribution in [1.29, 1.82) is 0 Å². The molecule has 0 aliphatic heterocycles. The fourth-order valence-corrected chi connectivity index (χ4v) is 4.97. The van der Waals surface area contributed by atoms with Crippen LogP contribution in [0.2, 0.25) is 0 Å². The molecule has 0 fully saturated rings. The number of ether oxygens (including phenoxy) is 2. The van der Waals surface area contributed by atoms with Crippen molar-refractivity contribution in [3.05, 3.63) is 59.0 Å². The molecule has 0 bridgehead atoms. The normalized spacial score (nSPS) is 10.9. The summed E-state index contributed by atoms with van der Waals surface area (Å²) in [6.45, 7) is 0. The Balaban J connectivity index is 1.76. The quantitative estimate of drug-likeness (QED) is 0.299. The second-order valence-electron chi connectivity index (χ2n) is 6.52. The molecular formula is C22H19N3O4S2. The van der Waals surface area contributed by atoms with Gasteiger partial charge in [0.05, 0.1) is 31.0 Å². The topological polar surface area (TPSA) is 108 Å². The molecule has 0 saturated carbocycles. The Labute approximate surface area is 186 Å². The van der Waals surface area contributed by atoms with E-state index in [4.69, 9.17) is 20.2 Å². The monoisotopic (exact) mass is 453 g/mol. The first-order chi connectivity index (χ1) is 15.0. The summed E-state index contributed by atoms with van der Waals surface area (Å²) >= 11 is 2.50. The maximum atomic E-state index is 11.6. The third kappa shape index (κ3) is 4.14. The van der Waals surface area contributed by atoms with Gasteiger partial charge in [-0.05, 0) is 6.07 Å². The van der Waals surface area contributed by atoms with Crippen molar-refractivity contribution in [2.75, 3.05) is 20.0 Å². The number of methoxy groups -OCH3 is 2. The van der Waals surface area contributed by atoms with E-state index in [2.05, 4.69) is 4.98 Å². The number of carboxylic acid groups (broad SMARTS) is 1. The molecule has 7 nitrogen and oxygen atoms in total. The van der Waals surface area contributed by atoms with Crippen LogP contribution < -0.4 is 15.2 Å². The molecule has 0 radical (unpaired) electrons. The molecule has 2 aromatic carbocycles. The average molecular weight is 454 g/mol. The molecule has 2 heterocycles. The number of anilines is 1. The van der Waals surface area contributed by atoms with Gasteiger partial charge in [0.1, 0.15) is 21.2 Å². The SMILES string of the molecule is COc1ccc(CSc2nc(-c3ccccc3)c3c(N)c(C(=O)O)sc3n2)c(OC)c1. The molecule has 0 unspecified atom stereocenters. The number of carboxylic acids is 1. The van der Waals surface area contributed by atoms with Crippen LogP contribution in [0.3, 0.4) is 0 Å². The Morgan fingerprint density at radius 2 is 1.90 bits per heavy atom. The predicted molar refractivity (Wildman–Crippen MR) is 123 cm³/mol. The molecule has 2 aromatic heterocycles. The molecule has 0 amide bonds. The summed E-state index contributed by atoms with van der Waals surface area (Å²) in [6, 6.07) is 15.2. The molecule has 31 heavy (non-hydrogen) atoms. The summed E-state index contributed by atoms with van der Waals surface area (Å²) in [7, 11) is 3.22. The van der Waals surface area contributed by atoms with Crippen LogP contribution in [-0.4, -0.2) is 35.3 Å². The Bertz CT molecular complexity index is 1260. The molecule has 0 spiro atoms. The lowest BCUT2D eigenvalue weighted by molar-refractivity contribution is 0.0703. The number of rotatable bonds is 7. The minimum absolute atomic E-state index is 0.0699. The first-order valence-electron chi connectivity index (χ1n) is 9.24. The Morgan fingerprint density at radius 3 is 2.58 bits per heavy atom. The number of aromatic carboxylic acids is 1. The van der Waals surface area contributed by atoms with Crippen LogP contribution in [0.25, 0.3) is 21.5 Å². The van der Waals surface area contributed by atoms with Gasteiger partial charge in [-0.2, -0.15) is 0 Å². The minimum Gasteiger partial charge on any atom is -0.497 e. The lowest BCUT2D eigenvalue weighted by atomic mass is 10.1. The highest BCUT2D eigenvalue weighted by molar-refractivity contribution is 7.98. The fraction of sp³-hybridized carbons (Fsp3) is 0.136. The maximum Gasteiger partial charge on any atom is 0.348 e. The zero-order valence-electron chi connectivity index (χ0n) is 16.8. The number of benzene rings is 2. The van der Waals surface area contributed by atoms with Crippen LogP contribution in [0.15, 0.2) is 53.7 Å². The Morgan fingerprint density at radius 1 is 1.13 bits per heavy atom. The summed E-state index contributed by atoms with van der Waals surface area (Å²) < 4.78 is 10.7. The number of nitrogens with zero attached hydrogens (tertiary/aromatic N) is 2. The number of thiophene rings is 1. The predicted octanol–water partition coefficient (Wildman–Crippen LogP) is 4.95. The number of aromatic nitrogens is 2. The van der Waals surface area contributed by atoms with Gasteiger partial charge >= 0.3 is 5.97 Å². The summed E-state index contributed by atoms with van der Waals surface area (Å²) in [5.41, 5.74) is 8.80. The number of nitrogens with two attached hydrogens (primary N) is 1. The van der Waals surface area contributed by atoms with Gasteiger partial charge in [-0.1, -0.05) is 48.2 Å². The van der Waals surface area contributed by atoms with Gasteiger partial charge in [0, 0.05) is 22.9 Å². The maximum absolute atomic E-state index is 11.6. The van der Waals surface area contributed by atoms with Crippen molar-refractivity contribution in [2.24, 2.45) is 0 Å². The number of hydrogen-bond donors (Lipinski definition) is 2. The fourth-order valence-electron chi connectivity index (χ4n) is 3.14. The van der Waals surface area contributed by atoms with Crippen molar-refractivity contribution >= 4 is 45.0 Å². The molecule has 3 N–H and O–H groups in total. The highest BCUT2D eigenvalue weighted by Gasteiger charge is 2.22. The van der Waals surface area contributed by atoms with Crippen molar-refractivity contribution in [1.82, 2.24) is 9.97 Å². The Hall–Kier alpha value is -3.30. The van der Waals surface area contributed by atoms with Crippen molar-refractivity contribution < 1.29 is 19.4 Å². The average Bonchev–Trinajstić information content (AvgIpc) is 3.14. The largest absolute Gasteiger partial charge is 0.497 e. The van der Waals surface area contributed by atoms with Crippen molar-refractivity contribution in [3.63, 3.8) is 0 Å². The zero-order valence-corrected chi connectivity index (χ0v) is 18.4. The van der Waals surface area contributed by atoms with Gasteiger partial charge in [-0.15, -0.1) is 11.3 Å². The van der Waals surface area contributed by atoms with E-state index >= 15 is 0 Å². The molecular weight excluding hydrogens is 434 g/mol. The molecule has 4 rings (SSSR count). The third-order valence-electron chi connectivity index (χ3n) is 4.66. The van der Waals surface area contributed by atoms with Crippen LogP contribution in [0.1, 0.15) is 15.2 Å². The van der Waals surface area contributed by atoms with E-state index in [0.29, 0.717) is 38.3 Å². The smallest absolute Gasteiger partial charge is 0.348 e. The minimum atomic E-state index is -1.07. The molecule has 0 atom stereocenters. The number of thioether (sulfide) groups is 1. The number of hydrogen-bond acceptors (Lipinski definition) is 8. The van der Waals surface area contributed by atoms with E-state index in [-0.39, 0.29) is 10.6 Å². The summed E-state index contributed by atoms with van der Waals surface area (Å²) in [4.78, 5) is 21.5. The van der Waals surface area contributed by atoms with E-state index < -0.39 is 5.97 Å². The Kier molecular flexibility index (Phi) is 5.97. The van der Waals surface area contributed by atoms with Gasteiger partial charge in [0.15, 0.2) is 5.16 Å². The number of fused-ring (bicyclic) bond motifs is 1. The van der Waals surface area contributed by atoms with E-state index in [1.807, 2.05) is 48.5 Å². The van der Waals surface area contributed by atoms with E-state index in [1.54, 1.807) is 14.2 Å². The molecule has 4 aromatic rings. The third-order valence-corrected chi connectivity index (χ3v) is 6.64.